The SMILES string of the molecule is COc1cccc(OC)c1-c1cc(C(=O)NC2(C=O)C3CC4CC(C3)CC2C4)nn1-c1ccc(C(=O)N(CCCNC(=O)CN2CCN(CC(=O)O)CCN(CC(=O)O)CCN(CC(=O)O)CC2)CCCN(C)C)cc1C(C)C. The molecule has 432 valence electrons. The zero-order chi connectivity index (χ0) is 57.0. The summed E-state index contributed by atoms with van der Waals surface area (Å²) in [5.41, 5.74) is 2.15. The van der Waals surface area contributed by atoms with E-state index in [0.29, 0.717) is 84.9 Å². The largest absolute Gasteiger partial charge is 0.496 e. The van der Waals surface area contributed by atoms with Crippen LogP contribution in [0.3, 0.4) is 0 Å². The van der Waals surface area contributed by atoms with E-state index in [1.54, 1.807) is 50.6 Å². The lowest BCUT2D eigenvalue weighted by molar-refractivity contribution is -0.140. The summed E-state index contributed by atoms with van der Waals surface area (Å²) in [6.45, 7) is 7.25. The van der Waals surface area contributed by atoms with Gasteiger partial charge in [-0.1, -0.05) is 19.9 Å². The van der Waals surface area contributed by atoms with E-state index < -0.39 is 29.4 Å². The predicted octanol–water partition coefficient (Wildman–Crippen LogP) is 3.18. The molecule has 3 aromatic rings. The van der Waals surface area contributed by atoms with Crippen molar-refractivity contribution in [3.8, 4) is 28.4 Å². The van der Waals surface area contributed by atoms with E-state index in [4.69, 9.17) is 14.6 Å². The van der Waals surface area contributed by atoms with Gasteiger partial charge in [-0.3, -0.25) is 48.4 Å². The van der Waals surface area contributed by atoms with Crippen molar-refractivity contribution in [2.75, 3.05) is 133 Å². The number of rotatable bonds is 25. The molecule has 5 aliphatic rings. The molecule has 1 aromatic heterocycles. The van der Waals surface area contributed by atoms with Crippen LogP contribution in [-0.4, -0.2) is 235 Å². The Bertz CT molecular complexity index is 2560. The third-order valence-electron chi connectivity index (χ3n) is 16.4. The molecule has 1 saturated heterocycles. The summed E-state index contributed by atoms with van der Waals surface area (Å²) in [6.07, 6.45) is 7.03. The maximum atomic E-state index is 14.7. The molecule has 2 heterocycles. The van der Waals surface area contributed by atoms with Gasteiger partial charge in [0.25, 0.3) is 11.8 Å². The van der Waals surface area contributed by atoms with Crippen LogP contribution in [0.5, 0.6) is 11.5 Å². The van der Waals surface area contributed by atoms with Gasteiger partial charge in [-0.2, -0.15) is 5.10 Å². The van der Waals surface area contributed by atoms with Crippen molar-refractivity contribution in [1.82, 2.24) is 49.8 Å². The van der Waals surface area contributed by atoms with Crippen LogP contribution >= 0.6 is 0 Å². The van der Waals surface area contributed by atoms with E-state index >= 15 is 0 Å². The van der Waals surface area contributed by atoms with Crippen LogP contribution in [0, 0.1) is 23.7 Å². The summed E-state index contributed by atoms with van der Waals surface area (Å²) in [5.74, 6) is -1.80. The quantitative estimate of drug-likeness (QED) is 0.0603. The summed E-state index contributed by atoms with van der Waals surface area (Å²) < 4.78 is 13.5. The number of benzene rings is 2. The Morgan fingerprint density at radius 2 is 1.22 bits per heavy atom. The number of aldehydes is 1. The first kappa shape index (κ1) is 60.2. The van der Waals surface area contributed by atoms with Crippen molar-refractivity contribution in [3.63, 3.8) is 0 Å². The lowest BCUT2D eigenvalue weighted by Crippen LogP contribution is -2.67. The Hall–Kier alpha value is -6.46. The Balaban J connectivity index is 1.08. The molecule has 0 spiro atoms. The molecule has 79 heavy (non-hydrogen) atoms. The summed E-state index contributed by atoms with van der Waals surface area (Å²) in [6, 6.07) is 12.6. The maximum Gasteiger partial charge on any atom is 0.317 e. The molecule has 4 bridgehead atoms. The van der Waals surface area contributed by atoms with E-state index in [9.17, 15) is 48.9 Å². The van der Waals surface area contributed by atoms with Crippen molar-refractivity contribution in [1.29, 1.82) is 0 Å². The van der Waals surface area contributed by atoms with Crippen LogP contribution in [0.2, 0.25) is 0 Å². The van der Waals surface area contributed by atoms with Gasteiger partial charge in [-0.25, -0.2) is 4.68 Å². The summed E-state index contributed by atoms with van der Waals surface area (Å²) >= 11 is 0. The van der Waals surface area contributed by atoms with Crippen LogP contribution in [0.4, 0.5) is 0 Å². The highest BCUT2D eigenvalue weighted by Gasteiger charge is 2.58. The van der Waals surface area contributed by atoms with Crippen molar-refractivity contribution in [2.45, 2.75) is 70.3 Å². The monoisotopic (exact) mass is 1100 g/mol. The van der Waals surface area contributed by atoms with Gasteiger partial charge < -0.3 is 50.0 Å². The fraction of sp³-hybridized carbons (Fsp3) is 0.614. The zero-order valence-corrected chi connectivity index (χ0v) is 46.9. The molecular formula is C57H82N10O12. The number of methoxy groups -OCH3 is 2. The van der Waals surface area contributed by atoms with Gasteiger partial charge in [0, 0.05) is 77.6 Å². The van der Waals surface area contributed by atoms with Crippen molar-refractivity contribution in [2.24, 2.45) is 23.7 Å². The first-order valence-corrected chi connectivity index (χ1v) is 27.8. The molecular weight excluding hydrogens is 1020 g/mol. The molecule has 8 rings (SSSR count). The van der Waals surface area contributed by atoms with Crippen LogP contribution in [0.15, 0.2) is 42.5 Å². The summed E-state index contributed by atoms with van der Waals surface area (Å²) in [5, 5.41) is 40.0. The van der Waals surface area contributed by atoms with Gasteiger partial charge in [0.1, 0.15) is 23.3 Å². The van der Waals surface area contributed by atoms with E-state index in [1.165, 1.54) is 6.42 Å². The number of carboxylic acid groups (broad SMARTS) is 3. The van der Waals surface area contributed by atoms with E-state index in [1.807, 2.05) is 63.2 Å². The Morgan fingerprint density at radius 3 is 1.68 bits per heavy atom. The predicted molar refractivity (Wildman–Crippen MR) is 295 cm³/mol. The van der Waals surface area contributed by atoms with Gasteiger partial charge in [0.2, 0.25) is 5.91 Å². The minimum absolute atomic E-state index is 0.0298. The number of carbonyl (C=O) groups is 7. The second-order valence-electron chi connectivity index (χ2n) is 22.5. The second kappa shape index (κ2) is 27.6. The number of hydrogen-bond acceptors (Lipinski definition) is 15. The lowest BCUT2D eigenvalue weighted by atomic mass is 9.49. The van der Waals surface area contributed by atoms with Crippen LogP contribution < -0.4 is 20.1 Å². The van der Waals surface area contributed by atoms with Crippen LogP contribution in [0.25, 0.3) is 16.9 Å². The first-order chi connectivity index (χ1) is 37.8. The summed E-state index contributed by atoms with van der Waals surface area (Å²) in [4.78, 5) is 102. The van der Waals surface area contributed by atoms with Gasteiger partial charge in [-0.05, 0) is 137 Å². The van der Waals surface area contributed by atoms with Crippen molar-refractivity contribution < 1.29 is 58.4 Å². The third-order valence-corrected chi connectivity index (χ3v) is 16.4. The molecule has 0 radical (unpaired) electrons. The number of aliphatic carboxylic acids is 3. The first-order valence-electron chi connectivity index (χ1n) is 27.8. The van der Waals surface area contributed by atoms with Gasteiger partial charge in [0.05, 0.1) is 57.3 Å². The number of amides is 3. The maximum absolute atomic E-state index is 14.7. The van der Waals surface area contributed by atoms with E-state index in [2.05, 4.69) is 15.5 Å². The van der Waals surface area contributed by atoms with Crippen molar-refractivity contribution in [3.05, 3.63) is 59.3 Å². The number of aromatic nitrogens is 2. The van der Waals surface area contributed by atoms with E-state index in [0.717, 1.165) is 44.1 Å². The molecule has 22 heteroatoms. The highest BCUT2D eigenvalue weighted by atomic mass is 16.5. The molecule has 1 aliphatic heterocycles. The topological polar surface area (TPSA) is 260 Å². The number of hydrogen-bond donors (Lipinski definition) is 5. The molecule has 3 amide bonds. The molecule has 0 atom stereocenters. The normalized spacial score (nSPS) is 22.2. The highest BCUT2D eigenvalue weighted by Crippen LogP contribution is 2.57. The molecule has 2 aromatic carbocycles. The molecule has 5 fully saturated rings. The van der Waals surface area contributed by atoms with Crippen LogP contribution in [0.1, 0.15) is 91.1 Å². The number of ether oxygens (including phenoxy) is 2. The van der Waals surface area contributed by atoms with E-state index in [-0.39, 0.29) is 107 Å². The molecule has 5 N–H and O–H groups in total. The lowest BCUT2D eigenvalue weighted by Gasteiger charge is -2.59. The molecule has 22 nitrogen and oxygen atoms in total. The second-order valence-corrected chi connectivity index (χ2v) is 22.5. The Labute approximate surface area is 463 Å². The molecule has 4 aliphatic carbocycles. The van der Waals surface area contributed by atoms with Gasteiger partial charge >= 0.3 is 17.9 Å². The highest BCUT2D eigenvalue weighted by molar-refractivity contribution is 5.97. The Morgan fingerprint density at radius 1 is 0.709 bits per heavy atom. The fourth-order valence-corrected chi connectivity index (χ4v) is 12.6. The average molecular weight is 1100 g/mol. The summed E-state index contributed by atoms with van der Waals surface area (Å²) in [7, 11) is 7.07. The smallest absolute Gasteiger partial charge is 0.317 e. The molecule has 0 unspecified atom stereocenters. The number of nitrogens with zero attached hydrogens (tertiary/aromatic N) is 8. The van der Waals surface area contributed by atoms with Gasteiger partial charge in [-0.15, -0.1) is 0 Å². The number of carboxylic acids is 3. The fourth-order valence-electron chi connectivity index (χ4n) is 12.6. The molecule has 4 saturated carbocycles. The van der Waals surface area contributed by atoms with Gasteiger partial charge in [0.15, 0.2) is 5.69 Å². The minimum atomic E-state index is -1.04. The standard InChI is InChI=1S/C57H82N10O12/c1-38(2)44-31-41(12-13-46(44)67-47(54-48(78-5)10-7-11-49(54)79-6)32-45(60-67)55(76)59-57(37-68)42-27-39-26-40(29-42)30-43(57)28-39)56(77)66(17-9-15-61(3)4)16-8-14-58-50(69)33-62-18-20-63(34-51(70)71)22-24-65(36-53(74)75)25-23-64(21-19-62)35-52(72)73/h7,10-13,31-32,37-40,42-43H,8-9,14-30,33-36H2,1-6H3,(H,58,69)(H,59,76)(H,70,71)(H,72,73)(H,74,75). The minimum Gasteiger partial charge on any atom is -0.496 e. The number of nitrogens with one attached hydrogen (secondary N) is 2. The van der Waals surface area contributed by atoms with Crippen molar-refractivity contribution >= 4 is 41.9 Å². The van der Waals surface area contributed by atoms with Crippen LogP contribution in [-0.2, 0) is 24.0 Å². The average Bonchev–Trinajstić information content (AvgIpc) is 4.06. The Kier molecular flexibility index (Phi) is 21.0. The zero-order valence-electron chi connectivity index (χ0n) is 46.9. The number of carbonyl (C=O) groups excluding carboxylic acids is 4. The third kappa shape index (κ3) is 15.5.